The van der Waals surface area contributed by atoms with Crippen LogP contribution < -0.4 is 0 Å². The Kier molecular flexibility index (Phi) is 5.41. The van der Waals surface area contributed by atoms with E-state index >= 15 is 0 Å². The minimum Gasteiger partial charge on any atom is -0.388 e. The van der Waals surface area contributed by atoms with Gasteiger partial charge in [0.2, 0.25) is 0 Å². The van der Waals surface area contributed by atoms with Gasteiger partial charge < -0.3 is 5.11 Å². The van der Waals surface area contributed by atoms with Crippen molar-refractivity contribution in [2.45, 2.75) is 32.3 Å². The summed E-state index contributed by atoms with van der Waals surface area (Å²) in [5.74, 6) is 0. The molecule has 0 aromatic heterocycles. The van der Waals surface area contributed by atoms with E-state index in [2.05, 4.69) is 45.4 Å². The number of benzene rings is 1. The summed E-state index contributed by atoms with van der Waals surface area (Å²) < 4.78 is 2.16. The van der Waals surface area contributed by atoms with Gasteiger partial charge in [0.1, 0.15) is 0 Å². The van der Waals surface area contributed by atoms with Gasteiger partial charge in [0.15, 0.2) is 0 Å². The number of hydrogen-bond acceptors (Lipinski definition) is 1. The number of rotatable bonds is 4. The Morgan fingerprint density at radius 1 is 1.50 bits per heavy atom. The van der Waals surface area contributed by atoms with Gasteiger partial charge >= 0.3 is 0 Å². The SMILES string of the molecule is CCCCC(O)c1cc(Br)ccc1I. The summed E-state index contributed by atoms with van der Waals surface area (Å²) >= 11 is 5.68. The number of hydrogen-bond donors (Lipinski definition) is 1. The minimum atomic E-state index is -0.320. The summed E-state index contributed by atoms with van der Waals surface area (Å²) in [6.07, 6.45) is 2.73. The maximum absolute atomic E-state index is 9.93. The van der Waals surface area contributed by atoms with E-state index in [9.17, 15) is 5.11 Å². The Hall–Kier alpha value is 0.390. The van der Waals surface area contributed by atoms with Crippen LogP contribution in [0, 0.1) is 3.57 Å². The Labute approximate surface area is 107 Å². The third-order valence-corrected chi connectivity index (χ3v) is 3.62. The number of aliphatic hydroxyl groups is 1. The van der Waals surface area contributed by atoms with E-state index in [1.807, 2.05) is 18.2 Å². The molecule has 1 aromatic carbocycles. The van der Waals surface area contributed by atoms with Crippen LogP contribution in [-0.2, 0) is 0 Å². The Morgan fingerprint density at radius 3 is 2.86 bits per heavy atom. The molecule has 14 heavy (non-hydrogen) atoms. The normalized spacial score (nSPS) is 12.9. The van der Waals surface area contributed by atoms with Crippen LogP contribution in [0.4, 0.5) is 0 Å². The average Bonchev–Trinajstić information content (AvgIpc) is 2.18. The molecule has 3 heteroatoms. The van der Waals surface area contributed by atoms with E-state index in [1.165, 1.54) is 0 Å². The largest absolute Gasteiger partial charge is 0.388 e. The van der Waals surface area contributed by atoms with E-state index in [0.717, 1.165) is 32.9 Å². The Balaban J connectivity index is 2.77. The topological polar surface area (TPSA) is 20.2 Å². The number of halogens is 2. The van der Waals surface area contributed by atoms with Gasteiger partial charge in [0.05, 0.1) is 6.10 Å². The highest BCUT2D eigenvalue weighted by atomic mass is 127. The van der Waals surface area contributed by atoms with E-state index in [1.54, 1.807) is 0 Å². The predicted molar refractivity (Wildman–Crippen MR) is 71.3 cm³/mol. The predicted octanol–water partition coefficient (Wildman–Crippen LogP) is 4.28. The van der Waals surface area contributed by atoms with E-state index in [4.69, 9.17) is 0 Å². The molecule has 78 valence electrons. The first-order valence-electron chi connectivity index (χ1n) is 4.78. The monoisotopic (exact) mass is 368 g/mol. The van der Waals surface area contributed by atoms with Crippen molar-refractivity contribution in [3.05, 3.63) is 31.8 Å². The summed E-state index contributed by atoms with van der Waals surface area (Å²) in [4.78, 5) is 0. The first-order chi connectivity index (χ1) is 6.65. The zero-order valence-electron chi connectivity index (χ0n) is 8.13. The highest BCUT2D eigenvalue weighted by Crippen LogP contribution is 2.27. The van der Waals surface area contributed by atoms with Crippen molar-refractivity contribution >= 4 is 38.5 Å². The number of aliphatic hydroxyl groups excluding tert-OH is 1. The zero-order chi connectivity index (χ0) is 10.6. The Morgan fingerprint density at radius 2 is 2.21 bits per heavy atom. The van der Waals surface area contributed by atoms with E-state index in [-0.39, 0.29) is 6.10 Å². The first-order valence-corrected chi connectivity index (χ1v) is 6.65. The molecule has 0 aliphatic rings. The first kappa shape index (κ1) is 12.5. The third kappa shape index (κ3) is 3.51. The van der Waals surface area contributed by atoms with Gasteiger partial charge in [-0.3, -0.25) is 0 Å². The third-order valence-electron chi connectivity index (χ3n) is 2.15. The summed E-state index contributed by atoms with van der Waals surface area (Å²) in [5.41, 5.74) is 1.04. The Bertz CT molecular complexity index is 301. The van der Waals surface area contributed by atoms with E-state index in [0.29, 0.717) is 0 Å². The summed E-state index contributed by atoms with van der Waals surface area (Å²) in [6, 6.07) is 6.02. The second-order valence-electron chi connectivity index (χ2n) is 3.32. The molecule has 0 aliphatic heterocycles. The van der Waals surface area contributed by atoms with Crippen LogP contribution in [0.2, 0.25) is 0 Å². The lowest BCUT2D eigenvalue weighted by molar-refractivity contribution is 0.163. The molecule has 0 aliphatic carbocycles. The van der Waals surface area contributed by atoms with Gasteiger partial charge in [-0.1, -0.05) is 35.7 Å². The lowest BCUT2D eigenvalue weighted by Crippen LogP contribution is -1.99. The fraction of sp³-hybridized carbons (Fsp3) is 0.455. The van der Waals surface area contributed by atoms with Crippen molar-refractivity contribution in [2.24, 2.45) is 0 Å². The molecule has 0 heterocycles. The smallest absolute Gasteiger partial charge is 0.0800 e. The van der Waals surface area contributed by atoms with Crippen LogP contribution in [0.25, 0.3) is 0 Å². The van der Waals surface area contributed by atoms with Gasteiger partial charge in [-0.25, -0.2) is 0 Å². The lowest BCUT2D eigenvalue weighted by Gasteiger charge is -2.12. The average molecular weight is 369 g/mol. The maximum Gasteiger partial charge on any atom is 0.0800 e. The zero-order valence-corrected chi connectivity index (χ0v) is 11.9. The molecule has 1 aromatic rings. The summed E-state index contributed by atoms with van der Waals surface area (Å²) in [7, 11) is 0. The number of unbranched alkanes of at least 4 members (excludes halogenated alkanes) is 1. The van der Waals surface area contributed by atoms with Crippen LogP contribution in [0.15, 0.2) is 22.7 Å². The maximum atomic E-state index is 9.93. The van der Waals surface area contributed by atoms with Crippen LogP contribution in [-0.4, -0.2) is 5.11 Å². The lowest BCUT2D eigenvalue weighted by atomic mass is 10.0. The second-order valence-corrected chi connectivity index (χ2v) is 5.40. The van der Waals surface area contributed by atoms with E-state index < -0.39 is 0 Å². The standard InChI is InChI=1S/C11H14BrIO/c1-2-3-4-11(14)9-7-8(12)5-6-10(9)13/h5-7,11,14H,2-4H2,1H3. The summed E-state index contributed by atoms with van der Waals surface area (Å²) in [6.45, 7) is 2.14. The van der Waals surface area contributed by atoms with Crippen LogP contribution in [0.1, 0.15) is 37.9 Å². The molecule has 1 nitrogen and oxygen atoms in total. The molecular weight excluding hydrogens is 355 g/mol. The van der Waals surface area contributed by atoms with Crippen molar-refractivity contribution in [1.29, 1.82) is 0 Å². The minimum absolute atomic E-state index is 0.320. The molecule has 0 saturated heterocycles. The molecule has 0 radical (unpaired) electrons. The quantitative estimate of drug-likeness (QED) is 0.786. The fourth-order valence-electron chi connectivity index (χ4n) is 1.32. The molecule has 1 rings (SSSR count). The molecule has 1 atom stereocenters. The van der Waals surface area contributed by atoms with Crippen LogP contribution >= 0.6 is 38.5 Å². The van der Waals surface area contributed by atoms with Gasteiger partial charge in [0.25, 0.3) is 0 Å². The van der Waals surface area contributed by atoms with Crippen molar-refractivity contribution in [3.63, 3.8) is 0 Å². The van der Waals surface area contributed by atoms with Crippen molar-refractivity contribution in [1.82, 2.24) is 0 Å². The highest BCUT2D eigenvalue weighted by molar-refractivity contribution is 14.1. The highest BCUT2D eigenvalue weighted by Gasteiger charge is 2.10. The molecule has 1 unspecified atom stereocenters. The van der Waals surface area contributed by atoms with Gasteiger partial charge in [-0.15, -0.1) is 0 Å². The molecule has 1 N–H and O–H groups in total. The van der Waals surface area contributed by atoms with Gasteiger partial charge in [-0.05, 0) is 52.8 Å². The molecule has 0 amide bonds. The van der Waals surface area contributed by atoms with Gasteiger partial charge in [0, 0.05) is 8.04 Å². The fourth-order valence-corrected chi connectivity index (χ4v) is 2.40. The van der Waals surface area contributed by atoms with Crippen LogP contribution in [0.3, 0.4) is 0 Å². The molecule has 0 spiro atoms. The van der Waals surface area contributed by atoms with Crippen molar-refractivity contribution < 1.29 is 5.11 Å². The van der Waals surface area contributed by atoms with Crippen molar-refractivity contribution in [2.75, 3.05) is 0 Å². The molecule has 0 fully saturated rings. The van der Waals surface area contributed by atoms with Crippen molar-refractivity contribution in [3.8, 4) is 0 Å². The molecule has 0 bridgehead atoms. The summed E-state index contributed by atoms with van der Waals surface area (Å²) in [5, 5.41) is 9.93. The van der Waals surface area contributed by atoms with Gasteiger partial charge in [-0.2, -0.15) is 0 Å². The molecular formula is C11H14BrIO. The molecule has 0 saturated carbocycles. The second kappa shape index (κ2) is 6.08. The van der Waals surface area contributed by atoms with Crippen LogP contribution in [0.5, 0.6) is 0 Å².